The molecule has 4 nitrogen and oxygen atoms in total. The van der Waals surface area contributed by atoms with Crippen LogP contribution in [-0.4, -0.2) is 14.5 Å². The molecule has 4 heteroatoms. The zero-order valence-corrected chi connectivity index (χ0v) is 40.3. The average Bonchev–Trinajstić information content (AvgIpc) is 3.98. The normalized spacial score (nSPS) is 11.8. The molecule has 0 radical (unpaired) electrons. The number of hydrogen-bond donors (Lipinski definition) is 0. The molecule has 0 N–H and O–H groups in total. The molecule has 13 aromatic rings. The molecule has 0 saturated heterocycles. The molecule has 0 aliphatic heterocycles. The predicted octanol–water partition coefficient (Wildman–Crippen LogP) is 18.4. The third-order valence-corrected chi connectivity index (χ3v) is 14.2. The summed E-state index contributed by atoms with van der Waals surface area (Å²) in [6, 6.07) is 87.1. The molecule has 0 aliphatic rings. The lowest BCUT2D eigenvalue weighted by Gasteiger charge is -2.23. The molecule has 0 atom stereocenters. The van der Waals surface area contributed by atoms with Crippen LogP contribution in [0.2, 0.25) is 0 Å². The van der Waals surface area contributed by atoms with E-state index in [1.165, 1.54) is 38.6 Å². The van der Waals surface area contributed by atoms with Crippen molar-refractivity contribution in [1.82, 2.24) is 14.5 Å². The Labute approximate surface area is 419 Å². The molecule has 13 rings (SSSR count). The Bertz CT molecular complexity index is 4050. The highest BCUT2D eigenvalue weighted by Crippen LogP contribution is 2.46. The van der Waals surface area contributed by atoms with Gasteiger partial charge in [0.1, 0.15) is 11.2 Å². The van der Waals surface area contributed by atoms with Crippen molar-refractivity contribution in [2.45, 2.75) is 26.2 Å². The SMILES string of the molecule is CC(C)(C)c1ccc(-c2cc(-c3cc(-c4ccccc4)nc(-c4ccc5c(c4)oc4ccccc45)n3)cc(-c3ccccc3)c2-n2c3ccc(-c4ccccc4)cc3c3cc(-c4ccccc4)ccc32)cc1. The lowest BCUT2D eigenvalue weighted by Crippen LogP contribution is -2.10. The van der Waals surface area contributed by atoms with Crippen LogP contribution in [0, 0.1) is 0 Å². The van der Waals surface area contributed by atoms with Gasteiger partial charge in [-0.3, -0.25) is 0 Å². The summed E-state index contributed by atoms with van der Waals surface area (Å²) in [4.78, 5) is 10.8. The van der Waals surface area contributed by atoms with E-state index < -0.39 is 0 Å². The molecule has 0 bridgehead atoms. The van der Waals surface area contributed by atoms with Crippen LogP contribution in [0.5, 0.6) is 0 Å². The largest absolute Gasteiger partial charge is 0.456 e. The fourth-order valence-electron chi connectivity index (χ4n) is 10.5. The van der Waals surface area contributed by atoms with E-state index in [0.717, 1.165) is 89.0 Å². The Balaban J connectivity index is 1.11. The number of rotatable bonds is 8. The quantitative estimate of drug-likeness (QED) is 0.153. The molecular formula is C68H49N3O. The molecule has 3 heterocycles. The Morgan fingerprint density at radius 3 is 1.36 bits per heavy atom. The molecule has 0 unspecified atom stereocenters. The van der Waals surface area contributed by atoms with Gasteiger partial charge in [0.05, 0.1) is 28.1 Å². The molecule has 0 spiro atoms. The van der Waals surface area contributed by atoms with E-state index in [-0.39, 0.29) is 5.41 Å². The maximum atomic E-state index is 6.41. The first-order valence-electron chi connectivity index (χ1n) is 24.7. The van der Waals surface area contributed by atoms with Crippen LogP contribution in [0.15, 0.2) is 247 Å². The van der Waals surface area contributed by atoms with E-state index in [1.54, 1.807) is 0 Å². The maximum absolute atomic E-state index is 6.41. The molecule has 0 saturated carbocycles. The fraction of sp³-hybridized carbons (Fsp3) is 0.0588. The zero-order valence-electron chi connectivity index (χ0n) is 40.3. The van der Waals surface area contributed by atoms with Gasteiger partial charge in [-0.2, -0.15) is 0 Å². The molecule has 3 aromatic heterocycles. The van der Waals surface area contributed by atoms with Crippen LogP contribution >= 0.6 is 0 Å². The van der Waals surface area contributed by atoms with Gasteiger partial charge in [-0.15, -0.1) is 0 Å². The number of benzene rings is 10. The number of para-hydroxylation sites is 1. The van der Waals surface area contributed by atoms with E-state index in [0.29, 0.717) is 5.82 Å². The highest BCUT2D eigenvalue weighted by Gasteiger charge is 2.24. The van der Waals surface area contributed by atoms with Crippen molar-refractivity contribution in [2.24, 2.45) is 0 Å². The van der Waals surface area contributed by atoms with Gasteiger partial charge in [0.15, 0.2) is 5.82 Å². The number of hydrogen-bond acceptors (Lipinski definition) is 3. The number of nitrogens with zero attached hydrogens (tertiary/aromatic N) is 3. The zero-order chi connectivity index (χ0) is 48.3. The van der Waals surface area contributed by atoms with Crippen LogP contribution in [0.3, 0.4) is 0 Å². The smallest absolute Gasteiger partial charge is 0.160 e. The lowest BCUT2D eigenvalue weighted by atomic mass is 9.85. The van der Waals surface area contributed by atoms with E-state index >= 15 is 0 Å². The molecule has 72 heavy (non-hydrogen) atoms. The van der Waals surface area contributed by atoms with E-state index in [2.05, 4.69) is 250 Å². The number of fused-ring (bicyclic) bond motifs is 6. The first-order valence-corrected chi connectivity index (χ1v) is 24.7. The van der Waals surface area contributed by atoms with Gasteiger partial charge in [-0.1, -0.05) is 203 Å². The molecule has 0 aliphatic carbocycles. The Hall–Kier alpha value is -9.12. The maximum Gasteiger partial charge on any atom is 0.160 e. The fourth-order valence-corrected chi connectivity index (χ4v) is 10.5. The summed E-state index contributed by atoms with van der Waals surface area (Å²) in [5.41, 5.74) is 19.9. The molecule has 10 aromatic carbocycles. The molecule has 0 amide bonds. The summed E-state index contributed by atoms with van der Waals surface area (Å²) in [6.45, 7) is 6.82. The second-order valence-corrected chi connectivity index (χ2v) is 19.8. The first-order chi connectivity index (χ1) is 35.3. The van der Waals surface area contributed by atoms with Crippen molar-refractivity contribution >= 4 is 43.7 Å². The van der Waals surface area contributed by atoms with Crippen molar-refractivity contribution in [3.8, 4) is 84.1 Å². The molecule has 342 valence electrons. The Morgan fingerprint density at radius 1 is 0.333 bits per heavy atom. The standard InChI is InChI=1S/C68H49N3O/c1-68(2,3)53-33-28-47(29-34-53)57-41-52(61-43-60(48-24-14-7-15-25-48)69-67(70-61)51-30-35-55-54-26-16-17-27-64(54)72-65(55)42-51)40-56(46-22-12-6-13-23-46)66(57)71-62-36-31-49(44-18-8-4-9-19-44)38-58(62)59-39-50(32-37-63(59)71)45-20-10-5-11-21-45/h4-43H,1-3H3. The van der Waals surface area contributed by atoms with E-state index in [9.17, 15) is 0 Å². The highest BCUT2D eigenvalue weighted by molar-refractivity contribution is 6.13. The minimum Gasteiger partial charge on any atom is -0.456 e. The van der Waals surface area contributed by atoms with Crippen molar-refractivity contribution in [1.29, 1.82) is 0 Å². The molecule has 0 fully saturated rings. The second-order valence-electron chi connectivity index (χ2n) is 19.8. The van der Waals surface area contributed by atoms with Gasteiger partial charge in [0.2, 0.25) is 0 Å². The topological polar surface area (TPSA) is 43.9 Å². The minimum atomic E-state index is -0.0191. The average molecular weight is 924 g/mol. The third kappa shape index (κ3) is 7.65. The van der Waals surface area contributed by atoms with E-state index in [4.69, 9.17) is 14.4 Å². The second kappa shape index (κ2) is 17.4. The van der Waals surface area contributed by atoms with Crippen LogP contribution in [-0.2, 0) is 5.41 Å². The Morgan fingerprint density at radius 2 is 0.792 bits per heavy atom. The number of furan rings is 1. The summed E-state index contributed by atoms with van der Waals surface area (Å²) in [6.07, 6.45) is 0. The Kier molecular flexibility index (Phi) is 10.4. The predicted molar refractivity (Wildman–Crippen MR) is 300 cm³/mol. The van der Waals surface area contributed by atoms with Crippen LogP contribution in [0.4, 0.5) is 0 Å². The summed E-state index contributed by atoms with van der Waals surface area (Å²) in [5.74, 6) is 0.626. The summed E-state index contributed by atoms with van der Waals surface area (Å²) >= 11 is 0. The van der Waals surface area contributed by atoms with Crippen LogP contribution in [0.1, 0.15) is 26.3 Å². The van der Waals surface area contributed by atoms with Gasteiger partial charge in [-0.25, -0.2) is 9.97 Å². The summed E-state index contributed by atoms with van der Waals surface area (Å²) in [7, 11) is 0. The van der Waals surface area contributed by atoms with Crippen molar-refractivity contribution in [3.63, 3.8) is 0 Å². The summed E-state index contributed by atoms with van der Waals surface area (Å²) in [5, 5.41) is 4.54. The van der Waals surface area contributed by atoms with Gasteiger partial charge in [0.25, 0.3) is 0 Å². The first kappa shape index (κ1) is 42.9. The van der Waals surface area contributed by atoms with Gasteiger partial charge >= 0.3 is 0 Å². The van der Waals surface area contributed by atoms with Crippen LogP contribution < -0.4 is 0 Å². The van der Waals surface area contributed by atoms with Crippen molar-refractivity contribution in [3.05, 3.63) is 248 Å². The lowest BCUT2D eigenvalue weighted by molar-refractivity contribution is 0.590. The van der Waals surface area contributed by atoms with Gasteiger partial charge in [-0.05, 0) is 105 Å². The molecular weight excluding hydrogens is 875 g/mol. The van der Waals surface area contributed by atoms with Crippen molar-refractivity contribution in [2.75, 3.05) is 0 Å². The monoisotopic (exact) mass is 923 g/mol. The third-order valence-electron chi connectivity index (χ3n) is 14.2. The van der Waals surface area contributed by atoms with E-state index in [1.807, 2.05) is 18.2 Å². The van der Waals surface area contributed by atoms with Gasteiger partial charge < -0.3 is 8.98 Å². The number of aromatic nitrogens is 3. The van der Waals surface area contributed by atoms with Crippen molar-refractivity contribution < 1.29 is 4.42 Å². The minimum absolute atomic E-state index is 0.0191. The highest BCUT2D eigenvalue weighted by atomic mass is 16.3. The van der Waals surface area contributed by atoms with Gasteiger partial charge in [0, 0.05) is 49.4 Å². The van der Waals surface area contributed by atoms with Crippen LogP contribution in [0.25, 0.3) is 128 Å². The summed E-state index contributed by atoms with van der Waals surface area (Å²) < 4.78 is 8.92.